The Morgan fingerprint density at radius 3 is 2.55 bits per heavy atom. The molecule has 0 unspecified atom stereocenters. The molecule has 0 amide bonds. The van der Waals surface area contributed by atoms with Crippen molar-refractivity contribution in [3.63, 3.8) is 0 Å². The van der Waals surface area contributed by atoms with Gasteiger partial charge in [0.15, 0.2) is 0 Å². The molecule has 0 spiro atoms. The van der Waals surface area contributed by atoms with Gasteiger partial charge in [0.2, 0.25) is 0 Å². The highest BCUT2D eigenvalue weighted by Crippen LogP contribution is 2.13. The molecule has 0 aliphatic heterocycles. The molecule has 0 fully saturated rings. The third-order valence-corrected chi connectivity index (χ3v) is 2.84. The van der Waals surface area contributed by atoms with E-state index in [1.54, 1.807) is 18.2 Å². The van der Waals surface area contributed by atoms with Crippen molar-refractivity contribution in [3.8, 4) is 5.75 Å². The Labute approximate surface area is 116 Å². The highest BCUT2D eigenvalue weighted by atomic mass is 16.6. The van der Waals surface area contributed by atoms with E-state index >= 15 is 0 Å². The van der Waals surface area contributed by atoms with E-state index in [0.29, 0.717) is 5.82 Å². The average molecular weight is 273 g/mol. The van der Waals surface area contributed by atoms with Crippen molar-refractivity contribution in [2.75, 3.05) is 11.9 Å². The number of aromatic hydroxyl groups is 1. The molecular weight excluding hydrogens is 258 g/mol. The number of benzene rings is 1. The summed E-state index contributed by atoms with van der Waals surface area (Å²) in [5, 5.41) is 22.8. The van der Waals surface area contributed by atoms with Crippen LogP contribution in [0.5, 0.6) is 5.75 Å². The zero-order chi connectivity index (χ0) is 14.4. The summed E-state index contributed by atoms with van der Waals surface area (Å²) in [6.45, 7) is 0.728. The lowest BCUT2D eigenvalue weighted by Gasteiger charge is -2.05. The molecule has 20 heavy (non-hydrogen) atoms. The standard InChI is InChI=1S/C14H15N3O3/c18-13-6-3-11(4-7-13)2-1-9-15-14-8-5-12(10-16-14)17(19)20/h3-8,10,18H,1-2,9H2,(H,15,16). The Bertz CT molecular complexity index is 567. The van der Waals surface area contributed by atoms with Gasteiger partial charge in [0.25, 0.3) is 5.69 Å². The fraction of sp³-hybridized carbons (Fsp3) is 0.214. The smallest absolute Gasteiger partial charge is 0.287 e. The molecule has 0 aliphatic carbocycles. The molecule has 0 bridgehead atoms. The minimum absolute atomic E-state index is 0.0142. The van der Waals surface area contributed by atoms with Crippen LogP contribution in [-0.2, 0) is 6.42 Å². The summed E-state index contributed by atoms with van der Waals surface area (Å²) >= 11 is 0. The lowest BCUT2D eigenvalue weighted by atomic mass is 10.1. The maximum Gasteiger partial charge on any atom is 0.287 e. The second kappa shape index (κ2) is 6.51. The van der Waals surface area contributed by atoms with Crippen LogP contribution in [0.15, 0.2) is 42.6 Å². The average Bonchev–Trinajstić information content (AvgIpc) is 2.46. The number of nitro groups is 1. The Morgan fingerprint density at radius 2 is 1.95 bits per heavy atom. The minimum atomic E-state index is -0.471. The molecular formula is C14H15N3O3. The first kappa shape index (κ1) is 13.8. The number of phenolic OH excluding ortho intramolecular Hbond substituents is 1. The monoisotopic (exact) mass is 273 g/mol. The maximum absolute atomic E-state index is 10.5. The number of anilines is 1. The molecule has 1 aromatic heterocycles. The van der Waals surface area contributed by atoms with E-state index in [1.165, 1.54) is 12.3 Å². The Morgan fingerprint density at radius 1 is 1.20 bits per heavy atom. The van der Waals surface area contributed by atoms with Crippen LogP contribution in [0.4, 0.5) is 11.5 Å². The first-order valence-corrected chi connectivity index (χ1v) is 6.27. The number of hydrogen-bond acceptors (Lipinski definition) is 5. The molecule has 0 aliphatic rings. The molecule has 2 aromatic rings. The van der Waals surface area contributed by atoms with Crippen molar-refractivity contribution < 1.29 is 10.0 Å². The SMILES string of the molecule is O=[N+]([O-])c1ccc(NCCCc2ccc(O)cc2)nc1. The number of aryl methyl sites for hydroxylation is 1. The lowest BCUT2D eigenvalue weighted by Crippen LogP contribution is -2.04. The third kappa shape index (κ3) is 3.94. The number of nitrogens with one attached hydrogen (secondary N) is 1. The van der Waals surface area contributed by atoms with Gasteiger partial charge >= 0.3 is 0 Å². The Kier molecular flexibility index (Phi) is 4.49. The van der Waals surface area contributed by atoms with E-state index in [4.69, 9.17) is 5.11 Å². The first-order chi connectivity index (χ1) is 9.65. The van der Waals surface area contributed by atoms with Crippen LogP contribution in [0.25, 0.3) is 0 Å². The van der Waals surface area contributed by atoms with Crippen LogP contribution in [0, 0.1) is 10.1 Å². The topological polar surface area (TPSA) is 88.3 Å². The Hall–Kier alpha value is -2.63. The number of nitrogens with zero attached hydrogens (tertiary/aromatic N) is 2. The number of aromatic nitrogens is 1. The molecule has 1 heterocycles. The van der Waals surface area contributed by atoms with Crippen LogP contribution < -0.4 is 5.32 Å². The van der Waals surface area contributed by atoms with Gasteiger partial charge in [-0.2, -0.15) is 0 Å². The summed E-state index contributed by atoms with van der Waals surface area (Å²) in [5.74, 6) is 0.892. The number of rotatable bonds is 6. The lowest BCUT2D eigenvalue weighted by molar-refractivity contribution is -0.385. The van der Waals surface area contributed by atoms with Crippen molar-refractivity contribution in [2.45, 2.75) is 12.8 Å². The van der Waals surface area contributed by atoms with Crippen molar-refractivity contribution in [1.29, 1.82) is 0 Å². The molecule has 6 heteroatoms. The maximum atomic E-state index is 10.5. The Balaban J connectivity index is 1.75. The predicted octanol–water partition coefficient (Wildman–Crippen LogP) is 2.74. The molecule has 2 rings (SSSR count). The summed E-state index contributed by atoms with van der Waals surface area (Å²) in [7, 11) is 0. The van der Waals surface area contributed by atoms with E-state index < -0.39 is 4.92 Å². The van der Waals surface area contributed by atoms with Gasteiger partial charge in [-0.3, -0.25) is 10.1 Å². The highest BCUT2D eigenvalue weighted by molar-refractivity contribution is 5.40. The van der Waals surface area contributed by atoms with Gasteiger partial charge in [-0.1, -0.05) is 12.1 Å². The first-order valence-electron chi connectivity index (χ1n) is 6.27. The second-order valence-electron chi connectivity index (χ2n) is 4.36. The zero-order valence-corrected chi connectivity index (χ0v) is 10.8. The van der Waals surface area contributed by atoms with Gasteiger partial charge in [0.1, 0.15) is 17.8 Å². The largest absolute Gasteiger partial charge is 0.508 e. The van der Waals surface area contributed by atoms with Crippen LogP contribution in [-0.4, -0.2) is 21.6 Å². The van der Waals surface area contributed by atoms with Gasteiger partial charge in [-0.05, 0) is 36.6 Å². The van der Waals surface area contributed by atoms with Gasteiger partial charge in [0, 0.05) is 12.6 Å². The molecule has 1 aromatic carbocycles. The van der Waals surface area contributed by atoms with E-state index in [9.17, 15) is 10.1 Å². The summed E-state index contributed by atoms with van der Waals surface area (Å²) in [6.07, 6.45) is 3.03. The molecule has 0 saturated carbocycles. The van der Waals surface area contributed by atoms with Gasteiger partial charge in [-0.25, -0.2) is 4.98 Å². The highest BCUT2D eigenvalue weighted by Gasteiger charge is 2.04. The van der Waals surface area contributed by atoms with E-state index in [1.807, 2.05) is 12.1 Å². The van der Waals surface area contributed by atoms with E-state index in [2.05, 4.69) is 10.3 Å². The van der Waals surface area contributed by atoms with Crippen molar-refractivity contribution in [2.24, 2.45) is 0 Å². The van der Waals surface area contributed by atoms with Gasteiger partial charge in [0.05, 0.1) is 4.92 Å². The van der Waals surface area contributed by atoms with Crippen molar-refractivity contribution in [1.82, 2.24) is 4.98 Å². The fourth-order valence-electron chi connectivity index (χ4n) is 1.77. The minimum Gasteiger partial charge on any atom is -0.508 e. The summed E-state index contributed by atoms with van der Waals surface area (Å²) in [5.41, 5.74) is 1.14. The predicted molar refractivity (Wildman–Crippen MR) is 75.8 cm³/mol. The van der Waals surface area contributed by atoms with Gasteiger partial charge in [-0.15, -0.1) is 0 Å². The molecule has 104 valence electrons. The second-order valence-corrected chi connectivity index (χ2v) is 4.36. The molecule has 6 nitrogen and oxygen atoms in total. The van der Waals surface area contributed by atoms with Gasteiger partial charge < -0.3 is 10.4 Å². The zero-order valence-electron chi connectivity index (χ0n) is 10.8. The summed E-state index contributed by atoms with van der Waals surface area (Å²) < 4.78 is 0. The van der Waals surface area contributed by atoms with Crippen LogP contribution >= 0.6 is 0 Å². The van der Waals surface area contributed by atoms with Crippen molar-refractivity contribution in [3.05, 3.63) is 58.3 Å². The quantitative estimate of drug-likeness (QED) is 0.480. The van der Waals surface area contributed by atoms with Crippen LogP contribution in [0.1, 0.15) is 12.0 Å². The molecule has 0 saturated heterocycles. The fourth-order valence-corrected chi connectivity index (χ4v) is 1.77. The van der Waals surface area contributed by atoms with Crippen molar-refractivity contribution >= 4 is 11.5 Å². The van der Waals surface area contributed by atoms with Crippen LogP contribution in [0.3, 0.4) is 0 Å². The number of pyridine rings is 1. The molecule has 0 atom stereocenters. The number of phenols is 1. The van der Waals surface area contributed by atoms with E-state index in [-0.39, 0.29) is 11.4 Å². The van der Waals surface area contributed by atoms with E-state index in [0.717, 1.165) is 24.9 Å². The number of hydrogen-bond donors (Lipinski definition) is 2. The summed E-state index contributed by atoms with van der Waals surface area (Å²) in [4.78, 5) is 14.0. The summed E-state index contributed by atoms with van der Waals surface area (Å²) in [6, 6.07) is 10.1. The van der Waals surface area contributed by atoms with Crippen LogP contribution in [0.2, 0.25) is 0 Å². The normalized spacial score (nSPS) is 10.2. The molecule has 0 radical (unpaired) electrons. The molecule has 2 N–H and O–H groups in total. The third-order valence-electron chi connectivity index (χ3n) is 2.84.